The van der Waals surface area contributed by atoms with E-state index in [1.807, 2.05) is 6.92 Å². The van der Waals surface area contributed by atoms with E-state index in [0.717, 1.165) is 0 Å². The number of hydrogen-bond donors (Lipinski definition) is 2. The molecule has 3 rings (SSSR count). The van der Waals surface area contributed by atoms with Crippen LogP contribution in [-0.4, -0.2) is 37.8 Å². The molecule has 3 aromatic rings. The number of amides is 1. The van der Waals surface area contributed by atoms with Gasteiger partial charge in [-0.1, -0.05) is 30.3 Å². The number of methoxy groups -OCH3 is 1. The van der Waals surface area contributed by atoms with Crippen molar-refractivity contribution < 1.29 is 9.53 Å². The molecule has 8 nitrogen and oxygen atoms in total. The zero-order chi connectivity index (χ0) is 19.6. The van der Waals surface area contributed by atoms with Crippen LogP contribution in [0.15, 0.2) is 34.5 Å². The molecule has 0 spiro atoms. The van der Waals surface area contributed by atoms with Crippen LogP contribution < -0.4 is 15.6 Å². The number of aryl methyl sites for hydroxylation is 1. The first-order valence-corrected chi connectivity index (χ1v) is 9.41. The third-order valence-corrected chi connectivity index (χ3v) is 5.65. The highest BCUT2D eigenvalue weighted by Crippen LogP contribution is 2.29. The molecule has 1 aromatic carbocycles. The molecule has 1 atom stereocenters. The molecule has 1 unspecified atom stereocenters. The molecule has 0 radical (unpaired) electrons. The number of rotatable bonds is 6. The van der Waals surface area contributed by atoms with E-state index in [2.05, 4.69) is 20.3 Å². The fourth-order valence-electron chi connectivity index (χ4n) is 2.51. The van der Waals surface area contributed by atoms with Gasteiger partial charge in [-0.3, -0.25) is 9.59 Å². The maximum absolute atomic E-state index is 12.7. The summed E-state index contributed by atoms with van der Waals surface area (Å²) in [5.41, 5.74) is 0.985. The average molecular weight is 408 g/mol. The second kappa shape index (κ2) is 8.01. The van der Waals surface area contributed by atoms with E-state index in [9.17, 15) is 9.59 Å². The van der Waals surface area contributed by atoms with Gasteiger partial charge in [0.15, 0.2) is 16.3 Å². The topological polar surface area (TPSA) is 102 Å². The van der Waals surface area contributed by atoms with E-state index in [0.29, 0.717) is 33.7 Å². The maximum atomic E-state index is 12.7. The quantitative estimate of drug-likeness (QED) is 0.609. The van der Waals surface area contributed by atoms with Crippen LogP contribution in [0.2, 0.25) is 5.02 Å². The number of aromatic nitrogens is 4. The van der Waals surface area contributed by atoms with Crippen molar-refractivity contribution in [2.24, 2.45) is 7.05 Å². The summed E-state index contributed by atoms with van der Waals surface area (Å²) in [4.78, 5) is 35.5. The number of fused-ring (bicyclic) bond motifs is 1. The van der Waals surface area contributed by atoms with Gasteiger partial charge in [0.2, 0.25) is 5.91 Å². The monoisotopic (exact) mass is 407 g/mol. The molecule has 10 heteroatoms. The summed E-state index contributed by atoms with van der Waals surface area (Å²) in [6.07, 6.45) is 1.91. The number of ether oxygens (including phenoxy) is 1. The summed E-state index contributed by atoms with van der Waals surface area (Å²) in [7, 11) is 3.29. The molecule has 142 valence electrons. The summed E-state index contributed by atoms with van der Waals surface area (Å²) in [5, 5.41) is 3.41. The zero-order valence-corrected chi connectivity index (χ0v) is 16.5. The molecule has 1 amide bonds. The molecule has 0 bridgehead atoms. The van der Waals surface area contributed by atoms with Gasteiger partial charge in [-0.25, -0.2) is 9.97 Å². The van der Waals surface area contributed by atoms with Crippen LogP contribution in [0.1, 0.15) is 13.3 Å². The number of nitrogens with one attached hydrogen (secondary N) is 2. The lowest BCUT2D eigenvalue weighted by Crippen LogP contribution is -2.25. The SMILES string of the molecule is CCC(Sc1nc2c(=O)[nH]cnc2n1C)C(=O)Nc1ccc(OC)c(Cl)c1. The standard InChI is InChI=1S/C17H18ClN5O3S/c1-4-12(15(24)21-9-5-6-11(26-3)10(18)7-9)27-17-22-13-14(23(17)2)19-8-20-16(13)25/h5-8,12H,4H2,1-3H3,(H,21,24)(H,19,20,25). The van der Waals surface area contributed by atoms with E-state index in [1.165, 1.54) is 25.2 Å². The van der Waals surface area contributed by atoms with Crippen molar-refractivity contribution in [3.63, 3.8) is 0 Å². The Morgan fingerprint density at radius 1 is 1.48 bits per heavy atom. The van der Waals surface area contributed by atoms with Gasteiger partial charge in [0, 0.05) is 12.7 Å². The van der Waals surface area contributed by atoms with Crippen molar-refractivity contribution in [2.75, 3.05) is 12.4 Å². The minimum Gasteiger partial charge on any atom is -0.495 e. The Kier molecular flexibility index (Phi) is 5.71. The molecule has 2 N–H and O–H groups in total. The lowest BCUT2D eigenvalue weighted by Gasteiger charge is -2.15. The Labute approximate surface area is 164 Å². The Morgan fingerprint density at radius 3 is 2.89 bits per heavy atom. The van der Waals surface area contributed by atoms with E-state index in [4.69, 9.17) is 16.3 Å². The lowest BCUT2D eigenvalue weighted by molar-refractivity contribution is -0.115. The minimum atomic E-state index is -0.402. The molecule has 2 heterocycles. The Morgan fingerprint density at radius 2 is 2.26 bits per heavy atom. The van der Waals surface area contributed by atoms with Gasteiger partial charge in [0.1, 0.15) is 5.75 Å². The number of anilines is 1. The summed E-state index contributed by atoms with van der Waals surface area (Å²) in [5.74, 6) is 0.353. The highest BCUT2D eigenvalue weighted by Gasteiger charge is 2.22. The molecule has 0 fully saturated rings. The Bertz CT molecular complexity index is 1050. The van der Waals surface area contributed by atoms with Crippen molar-refractivity contribution in [2.45, 2.75) is 23.8 Å². The summed E-state index contributed by atoms with van der Waals surface area (Å²) in [6.45, 7) is 1.91. The third-order valence-electron chi connectivity index (χ3n) is 3.95. The number of imidazole rings is 1. The van der Waals surface area contributed by atoms with E-state index >= 15 is 0 Å². The molecule has 0 saturated heterocycles. The Hall–Kier alpha value is -2.52. The second-order valence-corrected chi connectivity index (χ2v) is 7.29. The normalized spacial score (nSPS) is 12.1. The molecule has 0 aliphatic rings. The lowest BCUT2D eigenvalue weighted by atomic mass is 10.2. The predicted molar refractivity (Wildman–Crippen MR) is 106 cm³/mol. The van der Waals surface area contributed by atoms with Gasteiger partial charge >= 0.3 is 0 Å². The highest BCUT2D eigenvalue weighted by atomic mass is 35.5. The van der Waals surface area contributed by atoms with Crippen LogP contribution in [0.3, 0.4) is 0 Å². The third kappa shape index (κ3) is 3.93. The number of carbonyl (C=O) groups is 1. The van der Waals surface area contributed by atoms with Crippen LogP contribution in [0.4, 0.5) is 5.69 Å². The fourth-order valence-corrected chi connectivity index (χ4v) is 3.75. The number of carbonyl (C=O) groups excluding carboxylic acids is 1. The number of nitrogens with zero attached hydrogens (tertiary/aromatic N) is 3. The minimum absolute atomic E-state index is 0.183. The second-order valence-electron chi connectivity index (χ2n) is 5.71. The van der Waals surface area contributed by atoms with Crippen molar-refractivity contribution >= 4 is 46.1 Å². The van der Waals surface area contributed by atoms with Gasteiger partial charge < -0.3 is 19.6 Å². The average Bonchev–Trinajstić information content (AvgIpc) is 2.97. The first kappa shape index (κ1) is 19.2. The molecule has 0 aliphatic heterocycles. The summed E-state index contributed by atoms with van der Waals surface area (Å²) in [6, 6.07) is 5.04. The van der Waals surface area contributed by atoms with Gasteiger partial charge in [0.25, 0.3) is 5.56 Å². The van der Waals surface area contributed by atoms with E-state index in [1.54, 1.807) is 29.8 Å². The van der Waals surface area contributed by atoms with Crippen LogP contribution in [0, 0.1) is 0 Å². The van der Waals surface area contributed by atoms with Crippen molar-refractivity contribution in [1.29, 1.82) is 0 Å². The van der Waals surface area contributed by atoms with Crippen LogP contribution >= 0.6 is 23.4 Å². The van der Waals surface area contributed by atoms with Gasteiger partial charge in [-0.15, -0.1) is 0 Å². The van der Waals surface area contributed by atoms with E-state index < -0.39 is 5.25 Å². The molecule has 2 aromatic heterocycles. The maximum Gasteiger partial charge on any atom is 0.278 e. The zero-order valence-electron chi connectivity index (χ0n) is 14.9. The first-order chi connectivity index (χ1) is 12.9. The number of thioether (sulfide) groups is 1. The number of benzene rings is 1. The van der Waals surface area contributed by atoms with Crippen molar-refractivity contribution in [3.8, 4) is 5.75 Å². The van der Waals surface area contributed by atoms with Crippen LogP contribution in [-0.2, 0) is 11.8 Å². The molecule has 0 aliphatic carbocycles. The summed E-state index contributed by atoms with van der Waals surface area (Å²) >= 11 is 7.38. The molecular weight excluding hydrogens is 390 g/mol. The molecule has 27 heavy (non-hydrogen) atoms. The first-order valence-electron chi connectivity index (χ1n) is 8.15. The van der Waals surface area contributed by atoms with Crippen molar-refractivity contribution in [3.05, 3.63) is 39.9 Å². The fraction of sp³-hybridized carbons (Fsp3) is 0.294. The smallest absolute Gasteiger partial charge is 0.278 e. The van der Waals surface area contributed by atoms with Crippen LogP contribution in [0.25, 0.3) is 11.2 Å². The van der Waals surface area contributed by atoms with Crippen molar-refractivity contribution in [1.82, 2.24) is 19.5 Å². The summed E-state index contributed by atoms with van der Waals surface area (Å²) < 4.78 is 6.81. The number of hydrogen-bond acceptors (Lipinski definition) is 6. The van der Waals surface area contributed by atoms with Crippen LogP contribution in [0.5, 0.6) is 5.75 Å². The van der Waals surface area contributed by atoms with E-state index in [-0.39, 0.29) is 17.0 Å². The predicted octanol–water partition coefficient (Wildman–Crippen LogP) is 2.83. The number of halogens is 1. The van der Waals surface area contributed by atoms with Gasteiger partial charge in [-0.2, -0.15) is 0 Å². The molecular formula is C17H18ClN5O3S. The van der Waals surface area contributed by atoms with Gasteiger partial charge in [0.05, 0.1) is 23.7 Å². The number of H-pyrrole nitrogens is 1. The Balaban J connectivity index is 1.80. The molecule has 0 saturated carbocycles. The number of aromatic amines is 1. The highest BCUT2D eigenvalue weighted by molar-refractivity contribution is 8.00. The largest absolute Gasteiger partial charge is 0.495 e. The van der Waals surface area contributed by atoms with Gasteiger partial charge in [-0.05, 0) is 24.6 Å².